The fourth-order valence-electron chi connectivity index (χ4n) is 2.39. The predicted octanol–water partition coefficient (Wildman–Crippen LogP) is 0.916. The predicted molar refractivity (Wildman–Crippen MR) is 75.5 cm³/mol. The van der Waals surface area contributed by atoms with Crippen molar-refractivity contribution in [2.24, 2.45) is 0 Å². The van der Waals surface area contributed by atoms with Crippen molar-refractivity contribution in [3.8, 4) is 0 Å². The van der Waals surface area contributed by atoms with Gasteiger partial charge < -0.3 is 10.0 Å². The first-order chi connectivity index (χ1) is 9.71. The van der Waals surface area contributed by atoms with Gasteiger partial charge in [0.15, 0.2) is 9.84 Å². The van der Waals surface area contributed by atoms with E-state index in [2.05, 4.69) is 0 Å². The first-order valence-electron chi connectivity index (χ1n) is 6.16. The van der Waals surface area contributed by atoms with Crippen molar-refractivity contribution < 1.29 is 23.2 Å². The van der Waals surface area contributed by atoms with Crippen LogP contribution in [0.2, 0.25) is 0 Å². The maximum absolute atomic E-state index is 11.5. The van der Waals surface area contributed by atoms with Gasteiger partial charge in [-0.2, -0.15) is 0 Å². The van der Waals surface area contributed by atoms with Crippen LogP contribution in [-0.2, 0) is 9.84 Å². The first kappa shape index (κ1) is 15.2. The van der Waals surface area contributed by atoms with Gasteiger partial charge in [-0.25, -0.2) is 13.2 Å². The van der Waals surface area contributed by atoms with Crippen molar-refractivity contribution in [1.29, 1.82) is 0 Å². The molecule has 1 saturated heterocycles. The van der Waals surface area contributed by atoms with E-state index in [1.165, 1.54) is 12.1 Å². The Labute approximate surface area is 121 Å². The van der Waals surface area contributed by atoms with Gasteiger partial charge in [0.05, 0.1) is 27.7 Å². The third kappa shape index (κ3) is 3.13. The van der Waals surface area contributed by atoms with Gasteiger partial charge in [-0.15, -0.1) is 0 Å². The zero-order valence-electron chi connectivity index (χ0n) is 11.2. The van der Waals surface area contributed by atoms with Crippen LogP contribution in [0.25, 0.3) is 0 Å². The molecule has 1 unspecified atom stereocenters. The summed E-state index contributed by atoms with van der Waals surface area (Å²) in [7, 11) is -1.50. The Morgan fingerprint density at radius 3 is 2.62 bits per heavy atom. The smallest absolute Gasteiger partial charge is 0.338 e. The summed E-state index contributed by atoms with van der Waals surface area (Å²) in [6.45, 7) is 0. The van der Waals surface area contributed by atoms with Crippen LogP contribution in [0.5, 0.6) is 0 Å². The molecule has 114 valence electrons. The largest absolute Gasteiger partial charge is 0.478 e. The average molecular weight is 314 g/mol. The molecule has 1 aliphatic heterocycles. The highest BCUT2D eigenvalue weighted by atomic mass is 32.2. The minimum Gasteiger partial charge on any atom is -0.478 e. The van der Waals surface area contributed by atoms with Crippen molar-refractivity contribution in [2.45, 2.75) is 12.5 Å². The maximum Gasteiger partial charge on any atom is 0.338 e. The van der Waals surface area contributed by atoms with Crippen LogP contribution in [0, 0.1) is 10.1 Å². The number of carboxylic acids is 1. The quantitative estimate of drug-likeness (QED) is 0.648. The molecule has 1 N–H and O–H groups in total. The number of carbonyl (C=O) groups is 1. The third-order valence-corrected chi connectivity index (χ3v) is 5.31. The van der Waals surface area contributed by atoms with Gasteiger partial charge in [0.1, 0.15) is 0 Å². The first-order valence-corrected chi connectivity index (χ1v) is 7.98. The van der Waals surface area contributed by atoms with Gasteiger partial charge >= 0.3 is 5.97 Å². The highest BCUT2D eigenvalue weighted by molar-refractivity contribution is 7.91. The summed E-state index contributed by atoms with van der Waals surface area (Å²) in [4.78, 5) is 22.9. The number of sulfone groups is 1. The van der Waals surface area contributed by atoms with Crippen molar-refractivity contribution >= 4 is 27.2 Å². The Balaban J connectivity index is 2.39. The van der Waals surface area contributed by atoms with Gasteiger partial charge in [0.2, 0.25) is 0 Å². The van der Waals surface area contributed by atoms with Gasteiger partial charge in [0.25, 0.3) is 5.69 Å². The average Bonchev–Trinajstić information content (AvgIpc) is 2.77. The lowest BCUT2D eigenvalue weighted by Gasteiger charge is -2.26. The number of nitrogens with zero attached hydrogens (tertiary/aromatic N) is 2. The minimum absolute atomic E-state index is 0.0421. The second-order valence-electron chi connectivity index (χ2n) is 4.93. The van der Waals surface area contributed by atoms with Crippen molar-refractivity contribution in [2.75, 3.05) is 23.5 Å². The standard InChI is InChI=1S/C12H14N2O6S/c1-13(9-4-5-21(19,20)7-9)11-3-2-8(14(17)18)6-10(11)12(15)16/h2-3,6,9H,4-5,7H2,1H3,(H,15,16). The van der Waals surface area contributed by atoms with Crippen LogP contribution < -0.4 is 4.90 Å². The van der Waals surface area contributed by atoms with Gasteiger partial charge in [-0.3, -0.25) is 10.1 Å². The summed E-state index contributed by atoms with van der Waals surface area (Å²) in [5, 5.41) is 19.9. The van der Waals surface area contributed by atoms with E-state index in [1.54, 1.807) is 11.9 Å². The molecule has 9 heteroatoms. The van der Waals surface area contributed by atoms with Crippen LogP contribution in [0.15, 0.2) is 18.2 Å². The molecule has 21 heavy (non-hydrogen) atoms. The lowest BCUT2D eigenvalue weighted by molar-refractivity contribution is -0.384. The molecule has 1 atom stereocenters. The van der Waals surface area contributed by atoms with E-state index in [1.807, 2.05) is 0 Å². The number of hydrogen-bond acceptors (Lipinski definition) is 6. The second kappa shape index (κ2) is 5.32. The number of nitro groups is 1. The lowest BCUT2D eigenvalue weighted by atomic mass is 10.1. The fraction of sp³-hybridized carbons (Fsp3) is 0.417. The van der Waals surface area contributed by atoms with Crippen LogP contribution in [-0.4, -0.2) is 49.0 Å². The number of anilines is 1. The Kier molecular flexibility index (Phi) is 3.86. The van der Waals surface area contributed by atoms with Gasteiger partial charge in [0, 0.05) is 25.2 Å². The molecular formula is C12H14N2O6S. The van der Waals surface area contributed by atoms with E-state index in [0.717, 1.165) is 6.07 Å². The summed E-state index contributed by atoms with van der Waals surface area (Å²) in [5.41, 5.74) is -0.255. The molecule has 0 spiro atoms. The molecule has 0 bridgehead atoms. The number of hydrogen-bond donors (Lipinski definition) is 1. The minimum atomic E-state index is -3.10. The second-order valence-corrected chi connectivity index (χ2v) is 7.16. The number of non-ortho nitro benzene ring substituents is 1. The van der Waals surface area contributed by atoms with Gasteiger partial charge in [-0.05, 0) is 12.5 Å². The van der Waals surface area contributed by atoms with Crippen LogP contribution >= 0.6 is 0 Å². The van der Waals surface area contributed by atoms with Crippen LogP contribution in [0.1, 0.15) is 16.8 Å². The fourth-order valence-corrected chi connectivity index (χ4v) is 4.17. The summed E-state index contributed by atoms with van der Waals surface area (Å²) >= 11 is 0. The number of aromatic carboxylic acids is 1. The Morgan fingerprint density at radius 2 is 2.14 bits per heavy atom. The zero-order valence-corrected chi connectivity index (χ0v) is 12.0. The van der Waals surface area contributed by atoms with Gasteiger partial charge in [-0.1, -0.05) is 0 Å². The molecule has 8 nitrogen and oxygen atoms in total. The monoisotopic (exact) mass is 314 g/mol. The number of carboxylic acid groups (broad SMARTS) is 1. The molecule has 0 amide bonds. The van der Waals surface area contributed by atoms with Crippen LogP contribution in [0.3, 0.4) is 0 Å². The van der Waals surface area contributed by atoms with Crippen LogP contribution in [0.4, 0.5) is 11.4 Å². The number of benzene rings is 1. The Hall–Kier alpha value is -2.16. The van der Waals surface area contributed by atoms with Crippen molar-refractivity contribution in [3.63, 3.8) is 0 Å². The lowest BCUT2D eigenvalue weighted by Crippen LogP contribution is -2.33. The highest BCUT2D eigenvalue weighted by Gasteiger charge is 2.32. The van der Waals surface area contributed by atoms with E-state index in [4.69, 9.17) is 0 Å². The Bertz CT molecular complexity index is 700. The van der Waals surface area contributed by atoms with E-state index in [-0.39, 0.29) is 34.5 Å². The molecule has 0 aromatic heterocycles. The molecular weight excluding hydrogens is 300 g/mol. The molecule has 1 aliphatic rings. The summed E-state index contributed by atoms with van der Waals surface area (Å²) in [5.74, 6) is -1.27. The summed E-state index contributed by atoms with van der Waals surface area (Å²) in [6.07, 6.45) is 0.412. The van der Waals surface area contributed by atoms with Crippen molar-refractivity contribution in [3.05, 3.63) is 33.9 Å². The summed E-state index contributed by atoms with van der Waals surface area (Å²) in [6, 6.07) is 3.21. The highest BCUT2D eigenvalue weighted by Crippen LogP contribution is 2.29. The van der Waals surface area contributed by atoms with E-state index in [0.29, 0.717) is 6.42 Å². The molecule has 1 aromatic rings. The maximum atomic E-state index is 11.5. The number of rotatable bonds is 4. The molecule has 0 saturated carbocycles. The van der Waals surface area contributed by atoms with E-state index >= 15 is 0 Å². The zero-order chi connectivity index (χ0) is 15.8. The normalized spacial score (nSPS) is 20.1. The third-order valence-electron chi connectivity index (χ3n) is 3.56. The van der Waals surface area contributed by atoms with E-state index < -0.39 is 20.7 Å². The molecule has 1 fully saturated rings. The Morgan fingerprint density at radius 1 is 1.48 bits per heavy atom. The molecule has 0 aliphatic carbocycles. The number of nitro benzene ring substituents is 1. The molecule has 1 aromatic carbocycles. The van der Waals surface area contributed by atoms with E-state index in [9.17, 15) is 28.4 Å². The molecule has 1 heterocycles. The summed E-state index contributed by atoms with van der Waals surface area (Å²) < 4.78 is 23.0. The van der Waals surface area contributed by atoms with Crippen molar-refractivity contribution in [1.82, 2.24) is 0 Å². The SMILES string of the molecule is CN(c1ccc([N+](=O)[O-])cc1C(=O)O)C1CCS(=O)(=O)C1. The molecule has 0 radical (unpaired) electrons. The molecule has 2 rings (SSSR count). The topological polar surface area (TPSA) is 118 Å².